The third kappa shape index (κ3) is 4.07. The van der Waals surface area contributed by atoms with Crippen LogP contribution in [-0.4, -0.2) is 56.2 Å². The number of fused-ring (bicyclic) bond motifs is 2. The molecule has 0 aliphatic carbocycles. The van der Waals surface area contributed by atoms with Gasteiger partial charge in [0.1, 0.15) is 5.52 Å². The van der Waals surface area contributed by atoms with Gasteiger partial charge in [0.2, 0.25) is 0 Å². The Morgan fingerprint density at radius 1 is 1.27 bits per heavy atom. The molecule has 30 heavy (non-hydrogen) atoms. The smallest absolute Gasteiger partial charge is 0.306 e. The molecule has 0 saturated carbocycles. The number of para-hydroxylation sites is 1. The van der Waals surface area contributed by atoms with Gasteiger partial charge in [-0.15, -0.1) is 0 Å². The highest BCUT2D eigenvalue weighted by Crippen LogP contribution is 2.39. The number of pyridine rings is 1. The molecule has 0 atom stereocenters. The van der Waals surface area contributed by atoms with Gasteiger partial charge in [-0.1, -0.05) is 12.1 Å². The molecular weight excluding hydrogens is 412 g/mol. The van der Waals surface area contributed by atoms with Gasteiger partial charge < -0.3 is 19.0 Å². The highest BCUT2D eigenvalue weighted by atomic mass is 32.2. The van der Waals surface area contributed by atoms with Gasteiger partial charge in [-0.25, -0.2) is 0 Å². The first kappa shape index (κ1) is 21.5. The molecule has 1 aromatic heterocycles. The van der Waals surface area contributed by atoms with Crippen LogP contribution in [0.4, 0.5) is 11.4 Å². The van der Waals surface area contributed by atoms with Crippen LogP contribution in [0.3, 0.4) is 0 Å². The Morgan fingerprint density at radius 3 is 2.53 bits per heavy atom. The third-order valence-electron chi connectivity index (χ3n) is 4.61. The number of aromatic nitrogens is 1. The van der Waals surface area contributed by atoms with E-state index in [2.05, 4.69) is 5.32 Å². The molecular formula is C19H22N4O6S. The van der Waals surface area contributed by atoms with Gasteiger partial charge in [-0.3, -0.25) is 14.9 Å². The van der Waals surface area contributed by atoms with Crippen LogP contribution in [0.2, 0.25) is 0 Å². The van der Waals surface area contributed by atoms with E-state index >= 15 is 0 Å². The van der Waals surface area contributed by atoms with E-state index in [0.717, 1.165) is 12.3 Å². The number of hydrogen-bond donors (Lipinski definition) is 1. The molecule has 0 spiro atoms. The number of rotatable bonds is 7. The van der Waals surface area contributed by atoms with Crippen LogP contribution in [-0.2, 0) is 17.2 Å². The summed E-state index contributed by atoms with van der Waals surface area (Å²) >= 11 is 0. The number of non-ortho nitro benzene ring substituents is 1. The zero-order chi connectivity index (χ0) is 22.2. The summed E-state index contributed by atoms with van der Waals surface area (Å²) in [5.41, 5.74) is -0.166. The number of nitrogens with one attached hydrogen (secondary N) is 1. The standard InChI is InChI=1S/C19H22N4O6S/c1-21(2)10-9-20-17-15(29-30(4,27)28)11-14(23(25)26)18-16(17)19(24)12-7-5-6-8-13(12)22(18)3/h5-8,11,20H,9-10H2,1-4H3. The SMILES string of the molecule is CN(C)CCNc1c(OS(C)(=O)=O)cc([N+](=O)[O-])c2c1c(=O)c1ccccc1n2C. The number of aryl methyl sites for hydroxylation is 1. The molecule has 0 aliphatic heterocycles. The van der Waals surface area contributed by atoms with Gasteiger partial charge >= 0.3 is 10.1 Å². The fraction of sp³-hybridized carbons (Fsp3) is 0.316. The summed E-state index contributed by atoms with van der Waals surface area (Å²) in [4.78, 5) is 26.4. The first-order chi connectivity index (χ1) is 14.0. The van der Waals surface area contributed by atoms with Crippen molar-refractivity contribution in [2.24, 2.45) is 7.05 Å². The molecule has 0 radical (unpaired) electrons. The molecule has 0 unspecified atom stereocenters. The normalized spacial score (nSPS) is 11.9. The predicted molar refractivity (Wildman–Crippen MR) is 116 cm³/mol. The summed E-state index contributed by atoms with van der Waals surface area (Å²) in [7, 11) is 1.34. The monoisotopic (exact) mass is 434 g/mol. The van der Waals surface area contributed by atoms with Crippen LogP contribution in [0, 0.1) is 10.1 Å². The maximum Gasteiger partial charge on any atom is 0.306 e. The number of benzene rings is 2. The molecule has 160 valence electrons. The summed E-state index contributed by atoms with van der Waals surface area (Å²) in [6.45, 7) is 0.931. The van der Waals surface area contributed by atoms with Crippen molar-refractivity contribution in [3.05, 3.63) is 50.7 Å². The van der Waals surface area contributed by atoms with E-state index in [1.165, 1.54) is 0 Å². The van der Waals surface area contributed by atoms with Gasteiger partial charge in [-0.2, -0.15) is 8.42 Å². The minimum atomic E-state index is -4.00. The summed E-state index contributed by atoms with van der Waals surface area (Å²) in [6.07, 6.45) is 0.838. The molecule has 11 heteroatoms. The average molecular weight is 434 g/mol. The van der Waals surface area contributed by atoms with Crippen molar-refractivity contribution in [1.82, 2.24) is 9.47 Å². The van der Waals surface area contributed by atoms with E-state index in [1.54, 1.807) is 35.9 Å². The minimum Gasteiger partial charge on any atom is -0.380 e. The van der Waals surface area contributed by atoms with Crippen molar-refractivity contribution < 1.29 is 17.5 Å². The number of anilines is 1. The number of likely N-dealkylation sites (N-methyl/N-ethyl adjacent to an activating group) is 1. The van der Waals surface area contributed by atoms with Gasteiger partial charge in [0.15, 0.2) is 11.2 Å². The molecule has 0 bridgehead atoms. The lowest BCUT2D eigenvalue weighted by Crippen LogP contribution is -2.22. The molecule has 2 aromatic carbocycles. The molecule has 0 saturated heterocycles. The quantitative estimate of drug-likeness (QED) is 0.259. The van der Waals surface area contributed by atoms with Crippen LogP contribution in [0.1, 0.15) is 0 Å². The Bertz CT molecular complexity index is 1310. The van der Waals surface area contributed by atoms with Crippen molar-refractivity contribution >= 4 is 43.3 Å². The van der Waals surface area contributed by atoms with Crippen molar-refractivity contribution in [1.29, 1.82) is 0 Å². The average Bonchev–Trinajstić information content (AvgIpc) is 2.65. The van der Waals surface area contributed by atoms with E-state index in [4.69, 9.17) is 4.18 Å². The number of nitro groups is 1. The van der Waals surface area contributed by atoms with Gasteiger partial charge in [0, 0.05) is 25.5 Å². The molecule has 3 aromatic rings. The molecule has 1 heterocycles. The maximum atomic E-state index is 13.4. The number of nitro benzene ring substituents is 1. The van der Waals surface area contributed by atoms with E-state index in [1.807, 2.05) is 19.0 Å². The Hall–Kier alpha value is -3.18. The molecule has 0 fully saturated rings. The number of hydrogen-bond acceptors (Lipinski definition) is 8. The predicted octanol–water partition coefficient (Wildman–Crippen LogP) is 1.91. The maximum absolute atomic E-state index is 13.4. The summed E-state index contributed by atoms with van der Waals surface area (Å²) in [5.74, 6) is -0.289. The summed E-state index contributed by atoms with van der Waals surface area (Å²) in [5, 5.41) is 15.2. The Kier molecular flexibility index (Phi) is 5.68. The third-order valence-corrected chi connectivity index (χ3v) is 5.10. The van der Waals surface area contributed by atoms with Crippen LogP contribution >= 0.6 is 0 Å². The van der Waals surface area contributed by atoms with E-state index < -0.39 is 26.2 Å². The topological polar surface area (TPSA) is 124 Å². The fourth-order valence-corrected chi connectivity index (χ4v) is 3.81. The van der Waals surface area contributed by atoms with Crippen molar-refractivity contribution in [3.8, 4) is 5.75 Å². The Balaban J connectivity index is 2.48. The van der Waals surface area contributed by atoms with Crippen LogP contribution in [0.5, 0.6) is 5.75 Å². The summed E-state index contributed by atoms with van der Waals surface area (Å²) < 4.78 is 30.2. The Labute approximate surface area is 172 Å². The van der Waals surface area contributed by atoms with Crippen LogP contribution < -0.4 is 14.9 Å². The first-order valence-corrected chi connectivity index (χ1v) is 10.8. The van der Waals surface area contributed by atoms with Gasteiger partial charge in [0.05, 0.1) is 33.8 Å². The molecule has 3 rings (SSSR count). The largest absolute Gasteiger partial charge is 0.380 e. The van der Waals surface area contributed by atoms with Crippen molar-refractivity contribution in [2.45, 2.75) is 0 Å². The lowest BCUT2D eigenvalue weighted by Gasteiger charge is -2.18. The zero-order valence-electron chi connectivity index (χ0n) is 17.0. The second-order valence-corrected chi connectivity index (χ2v) is 8.75. The molecule has 0 aliphatic rings. The molecule has 10 nitrogen and oxygen atoms in total. The fourth-order valence-electron chi connectivity index (χ4n) is 3.36. The minimum absolute atomic E-state index is 0.00260. The zero-order valence-corrected chi connectivity index (χ0v) is 17.8. The van der Waals surface area contributed by atoms with E-state index in [9.17, 15) is 23.3 Å². The van der Waals surface area contributed by atoms with E-state index in [-0.39, 0.29) is 22.3 Å². The lowest BCUT2D eigenvalue weighted by molar-refractivity contribution is -0.383. The second-order valence-electron chi connectivity index (χ2n) is 7.17. The summed E-state index contributed by atoms with van der Waals surface area (Å²) in [6, 6.07) is 7.78. The second kappa shape index (κ2) is 7.92. The van der Waals surface area contributed by atoms with Crippen molar-refractivity contribution in [3.63, 3.8) is 0 Å². The molecule has 1 N–H and O–H groups in total. The lowest BCUT2D eigenvalue weighted by atomic mass is 10.1. The van der Waals surface area contributed by atoms with Crippen LogP contribution in [0.25, 0.3) is 21.8 Å². The highest BCUT2D eigenvalue weighted by Gasteiger charge is 2.27. The van der Waals surface area contributed by atoms with Gasteiger partial charge in [0.25, 0.3) is 5.69 Å². The highest BCUT2D eigenvalue weighted by molar-refractivity contribution is 7.86. The van der Waals surface area contributed by atoms with E-state index in [0.29, 0.717) is 24.0 Å². The van der Waals surface area contributed by atoms with Crippen molar-refractivity contribution in [2.75, 3.05) is 38.8 Å². The number of nitrogens with zero attached hydrogens (tertiary/aromatic N) is 3. The van der Waals surface area contributed by atoms with Crippen LogP contribution in [0.15, 0.2) is 35.1 Å². The Morgan fingerprint density at radius 2 is 1.93 bits per heavy atom. The molecule has 0 amide bonds. The van der Waals surface area contributed by atoms with Gasteiger partial charge in [-0.05, 0) is 26.2 Å². The first-order valence-electron chi connectivity index (χ1n) is 9.02.